The summed E-state index contributed by atoms with van der Waals surface area (Å²) in [6.07, 6.45) is 1.86. The second kappa shape index (κ2) is 6.31. The van der Waals surface area contributed by atoms with Crippen LogP contribution in [0.1, 0.15) is 42.1 Å². The Morgan fingerprint density at radius 1 is 1.15 bits per heavy atom. The molecular formula is C17H22N2S. The largest absolute Gasteiger partial charge is 0.398 e. The third-order valence-electron chi connectivity index (χ3n) is 3.60. The van der Waals surface area contributed by atoms with E-state index in [0.29, 0.717) is 5.92 Å². The number of anilines is 1. The van der Waals surface area contributed by atoms with Gasteiger partial charge in [-0.3, -0.25) is 4.98 Å². The summed E-state index contributed by atoms with van der Waals surface area (Å²) in [6.45, 7) is 8.47. The molecule has 1 heterocycles. The van der Waals surface area contributed by atoms with Crippen LogP contribution in [0.4, 0.5) is 5.69 Å². The van der Waals surface area contributed by atoms with Crippen molar-refractivity contribution < 1.29 is 0 Å². The van der Waals surface area contributed by atoms with Gasteiger partial charge in [0.1, 0.15) is 0 Å². The lowest BCUT2D eigenvalue weighted by Crippen LogP contribution is -2.00. The Morgan fingerprint density at radius 3 is 2.40 bits per heavy atom. The molecule has 1 aromatic carbocycles. The third kappa shape index (κ3) is 3.34. The van der Waals surface area contributed by atoms with Crippen LogP contribution in [0.25, 0.3) is 0 Å². The highest BCUT2D eigenvalue weighted by molar-refractivity contribution is 7.98. The molecule has 2 rings (SSSR count). The molecule has 3 heteroatoms. The SMILES string of the molecule is Cc1cnc(CSc2ccc(C(C)C)cc2)c(C)c1N. The first-order valence-electron chi connectivity index (χ1n) is 6.92. The summed E-state index contributed by atoms with van der Waals surface area (Å²) in [6, 6.07) is 8.79. The molecule has 2 N–H and O–H groups in total. The molecule has 0 fully saturated rings. The molecule has 0 amide bonds. The van der Waals surface area contributed by atoms with Gasteiger partial charge in [0.25, 0.3) is 0 Å². The number of nitrogens with zero attached hydrogens (tertiary/aromatic N) is 1. The molecule has 0 saturated carbocycles. The average Bonchev–Trinajstić information content (AvgIpc) is 2.44. The van der Waals surface area contributed by atoms with Crippen LogP contribution >= 0.6 is 11.8 Å². The summed E-state index contributed by atoms with van der Waals surface area (Å²) in [5, 5.41) is 0. The lowest BCUT2D eigenvalue weighted by atomic mass is 10.0. The number of benzene rings is 1. The maximum absolute atomic E-state index is 6.06. The van der Waals surface area contributed by atoms with Gasteiger partial charge in [0.05, 0.1) is 5.69 Å². The number of rotatable bonds is 4. The molecule has 0 aliphatic rings. The van der Waals surface area contributed by atoms with E-state index in [-0.39, 0.29) is 0 Å². The molecule has 0 unspecified atom stereocenters. The predicted octanol–water partition coefficient (Wildman–Crippen LogP) is 4.70. The first-order valence-corrected chi connectivity index (χ1v) is 7.91. The van der Waals surface area contributed by atoms with Crippen molar-refractivity contribution in [2.75, 3.05) is 5.73 Å². The Balaban J connectivity index is 2.07. The highest BCUT2D eigenvalue weighted by atomic mass is 32.2. The van der Waals surface area contributed by atoms with Crippen LogP contribution in [0.15, 0.2) is 35.4 Å². The van der Waals surface area contributed by atoms with Gasteiger partial charge in [-0.05, 0) is 48.6 Å². The Kier molecular flexibility index (Phi) is 4.71. The number of thioether (sulfide) groups is 1. The zero-order valence-electron chi connectivity index (χ0n) is 12.6. The minimum absolute atomic E-state index is 0.579. The van der Waals surface area contributed by atoms with Crippen molar-refractivity contribution in [3.8, 4) is 0 Å². The van der Waals surface area contributed by atoms with Crippen LogP contribution in [0.3, 0.4) is 0 Å². The van der Waals surface area contributed by atoms with Crippen molar-refractivity contribution in [2.45, 2.75) is 44.3 Å². The molecular weight excluding hydrogens is 264 g/mol. The predicted molar refractivity (Wildman–Crippen MR) is 88.2 cm³/mol. The van der Waals surface area contributed by atoms with E-state index in [2.05, 4.69) is 43.1 Å². The number of nitrogens with two attached hydrogens (primary N) is 1. The van der Waals surface area contributed by atoms with Gasteiger partial charge in [-0.15, -0.1) is 11.8 Å². The smallest absolute Gasteiger partial charge is 0.0556 e. The summed E-state index contributed by atoms with van der Waals surface area (Å²) in [5.41, 5.74) is 11.5. The van der Waals surface area contributed by atoms with Crippen molar-refractivity contribution in [1.82, 2.24) is 4.98 Å². The van der Waals surface area contributed by atoms with Crippen LogP contribution in [0, 0.1) is 13.8 Å². The summed E-state index contributed by atoms with van der Waals surface area (Å²) in [5.74, 6) is 1.44. The van der Waals surface area contributed by atoms with Crippen molar-refractivity contribution in [1.29, 1.82) is 0 Å². The topological polar surface area (TPSA) is 38.9 Å². The monoisotopic (exact) mass is 286 g/mol. The van der Waals surface area contributed by atoms with Gasteiger partial charge in [-0.1, -0.05) is 26.0 Å². The van der Waals surface area contributed by atoms with Crippen LogP contribution in [-0.2, 0) is 5.75 Å². The fraction of sp³-hybridized carbons (Fsp3) is 0.353. The fourth-order valence-electron chi connectivity index (χ4n) is 2.04. The summed E-state index contributed by atoms with van der Waals surface area (Å²) < 4.78 is 0. The standard InChI is InChI=1S/C17H22N2S/c1-11(2)14-5-7-15(8-6-14)20-10-16-13(4)17(18)12(3)9-19-16/h5-9,11H,10H2,1-4H3,(H2,18,19). The molecule has 2 nitrogen and oxygen atoms in total. The number of hydrogen-bond donors (Lipinski definition) is 1. The van der Waals surface area contributed by atoms with E-state index in [4.69, 9.17) is 5.73 Å². The van der Waals surface area contributed by atoms with Crippen molar-refractivity contribution >= 4 is 17.4 Å². The molecule has 0 atom stereocenters. The minimum Gasteiger partial charge on any atom is -0.398 e. The Bertz CT molecular complexity index is 589. The van der Waals surface area contributed by atoms with Crippen LogP contribution in [-0.4, -0.2) is 4.98 Å². The fourth-order valence-corrected chi connectivity index (χ4v) is 2.96. The number of aryl methyl sites for hydroxylation is 1. The van der Waals surface area contributed by atoms with E-state index >= 15 is 0 Å². The van der Waals surface area contributed by atoms with Gasteiger partial charge in [0.2, 0.25) is 0 Å². The van der Waals surface area contributed by atoms with E-state index < -0.39 is 0 Å². The summed E-state index contributed by atoms with van der Waals surface area (Å²) >= 11 is 1.80. The summed E-state index contributed by atoms with van der Waals surface area (Å²) in [7, 11) is 0. The number of hydrogen-bond acceptors (Lipinski definition) is 3. The molecule has 0 saturated heterocycles. The molecule has 0 radical (unpaired) electrons. The Morgan fingerprint density at radius 2 is 1.80 bits per heavy atom. The van der Waals surface area contributed by atoms with Crippen molar-refractivity contribution in [3.63, 3.8) is 0 Å². The van der Waals surface area contributed by atoms with Crippen LogP contribution in [0.5, 0.6) is 0 Å². The summed E-state index contributed by atoms with van der Waals surface area (Å²) in [4.78, 5) is 5.77. The number of nitrogen functional groups attached to an aromatic ring is 1. The second-order valence-corrected chi connectivity index (χ2v) is 6.49. The van der Waals surface area contributed by atoms with Gasteiger partial charge < -0.3 is 5.73 Å². The van der Waals surface area contributed by atoms with Crippen LogP contribution < -0.4 is 5.73 Å². The maximum Gasteiger partial charge on any atom is 0.0556 e. The zero-order valence-corrected chi connectivity index (χ0v) is 13.4. The van der Waals surface area contributed by atoms with Crippen molar-refractivity contribution in [3.05, 3.63) is 52.8 Å². The quantitative estimate of drug-likeness (QED) is 0.828. The first-order chi connectivity index (χ1) is 9.49. The maximum atomic E-state index is 6.06. The highest BCUT2D eigenvalue weighted by Crippen LogP contribution is 2.27. The van der Waals surface area contributed by atoms with Gasteiger partial charge in [-0.2, -0.15) is 0 Å². The molecule has 0 spiro atoms. The molecule has 20 heavy (non-hydrogen) atoms. The third-order valence-corrected chi connectivity index (χ3v) is 4.62. The number of pyridine rings is 1. The van der Waals surface area contributed by atoms with E-state index in [0.717, 1.165) is 28.3 Å². The normalized spacial score (nSPS) is 11.1. The average molecular weight is 286 g/mol. The van der Waals surface area contributed by atoms with E-state index in [9.17, 15) is 0 Å². The van der Waals surface area contributed by atoms with Gasteiger partial charge in [0.15, 0.2) is 0 Å². The van der Waals surface area contributed by atoms with Crippen LogP contribution in [0.2, 0.25) is 0 Å². The van der Waals surface area contributed by atoms with Gasteiger partial charge in [0, 0.05) is 22.5 Å². The molecule has 1 aromatic heterocycles. The molecule has 0 bridgehead atoms. The highest BCUT2D eigenvalue weighted by Gasteiger charge is 2.07. The first kappa shape index (κ1) is 14.9. The zero-order chi connectivity index (χ0) is 14.7. The Labute approximate surface area is 125 Å². The molecule has 0 aliphatic carbocycles. The molecule has 0 aliphatic heterocycles. The van der Waals surface area contributed by atoms with E-state index in [1.165, 1.54) is 10.5 Å². The molecule has 2 aromatic rings. The van der Waals surface area contributed by atoms with E-state index in [1.54, 1.807) is 11.8 Å². The van der Waals surface area contributed by atoms with Crippen molar-refractivity contribution in [2.24, 2.45) is 0 Å². The minimum atomic E-state index is 0.579. The van der Waals surface area contributed by atoms with E-state index in [1.807, 2.05) is 20.0 Å². The van der Waals surface area contributed by atoms with Gasteiger partial charge >= 0.3 is 0 Å². The van der Waals surface area contributed by atoms with Gasteiger partial charge in [-0.25, -0.2) is 0 Å². The lowest BCUT2D eigenvalue weighted by Gasteiger charge is -2.10. The Hall–Kier alpha value is -1.48. The second-order valence-electron chi connectivity index (χ2n) is 5.44. The number of aromatic nitrogens is 1. The molecule has 106 valence electrons. The lowest BCUT2D eigenvalue weighted by molar-refractivity contribution is 0.865.